The topological polar surface area (TPSA) is 92.0 Å². The number of carbonyl (C=O) groups is 1. The summed E-state index contributed by atoms with van der Waals surface area (Å²) in [6.07, 6.45) is 0. The van der Waals surface area contributed by atoms with E-state index in [1.54, 1.807) is 12.1 Å². The number of fused-ring (bicyclic) bond motifs is 1. The fourth-order valence-corrected chi connectivity index (χ4v) is 2.86. The first-order valence-electron chi connectivity index (χ1n) is 5.89. The number of nitrogens with zero attached hydrogens (tertiary/aromatic N) is 1. The van der Waals surface area contributed by atoms with Crippen molar-refractivity contribution < 1.29 is 9.90 Å². The molecule has 5 nitrogen and oxygen atoms in total. The highest BCUT2D eigenvalue weighted by Crippen LogP contribution is 2.34. The van der Waals surface area contributed by atoms with Gasteiger partial charge in [-0.3, -0.25) is 0 Å². The van der Waals surface area contributed by atoms with Crippen LogP contribution in [0.1, 0.15) is 10.4 Å². The summed E-state index contributed by atoms with van der Waals surface area (Å²) < 4.78 is 0. The number of para-hydroxylation sites is 2. The number of aromatic carboxylic acids is 1. The third kappa shape index (κ3) is 2.21. The van der Waals surface area contributed by atoms with Crippen LogP contribution in [0.5, 0.6) is 0 Å². The number of rotatable bonds is 3. The first kappa shape index (κ1) is 12.6. The maximum absolute atomic E-state index is 11.2. The van der Waals surface area contributed by atoms with Gasteiger partial charge >= 0.3 is 5.97 Å². The second-order valence-corrected chi connectivity index (χ2v) is 5.19. The van der Waals surface area contributed by atoms with Gasteiger partial charge in [0.25, 0.3) is 0 Å². The van der Waals surface area contributed by atoms with E-state index in [1.165, 1.54) is 17.8 Å². The smallest absolute Gasteiger partial charge is 0.336 e. The van der Waals surface area contributed by atoms with Crippen LogP contribution in [0.25, 0.3) is 11.0 Å². The van der Waals surface area contributed by atoms with Gasteiger partial charge in [-0.15, -0.1) is 0 Å². The lowest BCUT2D eigenvalue weighted by atomic mass is 10.2. The standard InChI is InChI=1S/C14H11N3O2S/c15-9-5-3-4-8(13(18)19)12(9)20-14-16-10-6-1-2-7-11(10)17-14/h1-7H,15H2,(H,16,17)(H,18,19). The van der Waals surface area contributed by atoms with Crippen molar-refractivity contribution >= 4 is 34.5 Å². The quantitative estimate of drug-likeness (QED) is 0.643. The molecule has 0 amide bonds. The molecule has 1 heterocycles. The van der Waals surface area contributed by atoms with E-state index < -0.39 is 5.97 Å². The van der Waals surface area contributed by atoms with Gasteiger partial charge in [-0.1, -0.05) is 18.2 Å². The van der Waals surface area contributed by atoms with E-state index in [9.17, 15) is 9.90 Å². The molecule has 1 aromatic heterocycles. The van der Waals surface area contributed by atoms with E-state index in [-0.39, 0.29) is 5.56 Å². The number of carboxylic acid groups (broad SMARTS) is 1. The van der Waals surface area contributed by atoms with Crippen molar-refractivity contribution in [3.8, 4) is 0 Å². The SMILES string of the molecule is Nc1cccc(C(=O)O)c1Sc1nc2ccccc2[nH]1. The fourth-order valence-electron chi connectivity index (χ4n) is 1.91. The van der Waals surface area contributed by atoms with Crippen molar-refractivity contribution in [2.24, 2.45) is 0 Å². The van der Waals surface area contributed by atoms with Gasteiger partial charge in [-0.05, 0) is 36.0 Å². The van der Waals surface area contributed by atoms with Gasteiger partial charge in [0.05, 0.1) is 21.5 Å². The van der Waals surface area contributed by atoms with Crippen LogP contribution in [0, 0.1) is 0 Å². The van der Waals surface area contributed by atoms with Crippen molar-refractivity contribution in [3.05, 3.63) is 48.0 Å². The van der Waals surface area contributed by atoms with E-state index in [2.05, 4.69) is 9.97 Å². The Hall–Kier alpha value is -2.47. The number of benzene rings is 2. The molecule has 6 heteroatoms. The molecule has 3 rings (SSSR count). The number of aromatic nitrogens is 2. The summed E-state index contributed by atoms with van der Waals surface area (Å²) in [6.45, 7) is 0. The molecule has 0 atom stereocenters. The molecular weight excluding hydrogens is 274 g/mol. The van der Waals surface area contributed by atoms with E-state index in [4.69, 9.17) is 5.73 Å². The maximum atomic E-state index is 11.2. The Morgan fingerprint density at radius 3 is 2.75 bits per heavy atom. The molecule has 0 aliphatic carbocycles. The van der Waals surface area contributed by atoms with Crippen LogP contribution >= 0.6 is 11.8 Å². The Balaban J connectivity index is 2.04. The average molecular weight is 285 g/mol. The molecule has 0 spiro atoms. The highest BCUT2D eigenvalue weighted by molar-refractivity contribution is 7.99. The zero-order chi connectivity index (χ0) is 14.1. The number of anilines is 1. The number of nitrogens with one attached hydrogen (secondary N) is 1. The number of H-pyrrole nitrogens is 1. The summed E-state index contributed by atoms with van der Waals surface area (Å²) >= 11 is 1.22. The predicted molar refractivity (Wildman–Crippen MR) is 78.0 cm³/mol. The lowest BCUT2D eigenvalue weighted by Gasteiger charge is -2.06. The van der Waals surface area contributed by atoms with Crippen molar-refractivity contribution in [1.82, 2.24) is 9.97 Å². The molecule has 0 saturated carbocycles. The Bertz CT molecular complexity index is 765. The van der Waals surface area contributed by atoms with Gasteiger partial charge in [-0.2, -0.15) is 0 Å². The minimum Gasteiger partial charge on any atom is -0.478 e. The first-order chi connectivity index (χ1) is 9.65. The number of imidazole rings is 1. The van der Waals surface area contributed by atoms with Crippen molar-refractivity contribution in [1.29, 1.82) is 0 Å². The number of carboxylic acids is 1. The number of aromatic amines is 1. The molecule has 0 radical (unpaired) electrons. The van der Waals surface area contributed by atoms with Crippen LogP contribution in [0.3, 0.4) is 0 Å². The highest BCUT2D eigenvalue weighted by atomic mass is 32.2. The number of hydrogen-bond acceptors (Lipinski definition) is 4. The summed E-state index contributed by atoms with van der Waals surface area (Å²) in [5, 5.41) is 9.83. The lowest BCUT2D eigenvalue weighted by Crippen LogP contribution is -2.01. The average Bonchev–Trinajstić information content (AvgIpc) is 2.83. The van der Waals surface area contributed by atoms with E-state index >= 15 is 0 Å². The maximum Gasteiger partial charge on any atom is 0.336 e. The summed E-state index contributed by atoms with van der Waals surface area (Å²) in [7, 11) is 0. The van der Waals surface area contributed by atoms with Crippen molar-refractivity contribution in [2.45, 2.75) is 10.1 Å². The van der Waals surface area contributed by atoms with Crippen molar-refractivity contribution in [3.63, 3.8) is 0 Å². The van der Waals surface area contributed by atoms with Crippen LogP contribution in [0.4, 0.5) is 5.69 Å². The van der Waals surface area contributed by atoms with Crippen LogP contribution in [0.2, 0.25) is 0 Å². The summed E-state index contributed by atoms with van der Waals surface area (Å²) in [6, 6.07) is 12.5. The summed E-state index contributed by atoms with van der Waals surface area (Å²) in [5.41, 5.74) is 8.22. The molecular formula is C14H11N3O2S. The third-order valence-electron chi connectivity index (χ3n) is 2.84. The van der Waals surface area contributed by atoms with Crippen LogP contribution in [-0.2, 0) is 0 Å². The Labute approximate surface area is 118 Å². The molecule has 0 saturated heterocycles. The minimum absolute atomic E-state index is 0.176. The zero-order valence-corrected chi connectivity index (χ0v) is 11.1. The third-order valence-corrected chi connectivity index (χ3v) is 3.89. The summed E-state index contributed by atoms with van der Waals surface area (Å²) in [5.74, 6) is -1.00. The second kappa shape index (κ2) is 4.90. The normalized spacial score (nSPS) is 10.8. The van der Waals surface area contributed by atoms with Gasteiger partial charge < -0.3 is 15.8 Å². The molecule has 20 heavy (non-hydrogen) atoms. The van der Waals surface area contributed by atoms with Crippen LogP contribution < -0.4 is 5.73 Å². The van der Waals surface area contributed by atoms with E-state index in [1.807, 2.05) is 24.3 Å². The first-order valence-corrected chi connectivity index (χ1v) is 6.71. The molecule has 0 unspecified atom stereocenters. The molecule has 3 aromatic rings. The van der Waals surface area contributed by atoms with Crippen molar-refractivity contribution in [2.75, 3.05) is 5.73 Å². The zero-order valence-electron chi connectivity index (χ0n) is 10.3. The number of nitrogen functional groups attached to an aromatic ring is 1. The van der Waals surface area contributed by atoms with Gasteiger partial charge in [0, 0.05) is 5.69 Å². The van der Waals surface area contributed by atoms with Gasteiger partial charge in [-0.25, -0.2) is 9.78 Å². The second-order valence-electron chi connectivity index (χ2n) is 4.19. The summed E-state index contributed by atoms with van der Waals surface area (Å²) in [4.78, 5) is 19.3. The molecule has 2 aromatic carbocycles. The molecule has 0 aliphatic rings. The minimum atomic E-state index is -1.00. The molecule has 0 bridgehead atoms. The van der Waals surface area contributed by atoms with E-state index in [0.29, 0.717) is 15.7 Å². The predicted octanol–water partition coefficient (Wildman–Crippen LogP) is 2.99. The van der Waals surface area contributed by atoms with Gasteiger partial charge in [0.1, 0.15) is 0 Å². The highest BCUT2D eigenvalue weighted by Gasteiger charge is 2.15. The molecule has 0 fully saturated rings. The molecule has 0 aliphatic heterocycles. The monoisotopic (exact) mass is 285 g/mol. The fraction of sp³-hybridized carbons (Fsp3) is 0. The Morgan fingerprint density at radius 1 is 1.20 bits per heavy atom. The largest absolute Gasteiger partial charge is 0.478 e. The van der Waals surface area contributed by atoms with Crippen LogP contribution in [-0.4, -0.2) is 21.0 Å². The molecule has 100 valence electrons. The molecule has 4 N–H and O–H groups in total. The Morgan fingerprint density at radius 2 is 2.00 bits per heavy atom. The number of nitrogens with two attached hydrogens (primary N) is 1. The van der Waals surface area contributed by atoms with Gasteiger partial charge in [0.15, 0.2) is 5.16 Å². The number of hydrogen-bond donors (Lipinski definition) is 3. The van der Waals surface area contributed by atoms with Gasteiger partial charge in [0.2, 0.25) is 0 Å². The lowest BCUT2D eigenvalue weighted by molar-refractivity contribution is 0.0693. The Kier molecular flexibility index (Phi) is 3.08. The van der Waals surface area contributed by atoms with Crippen LogP contribution in [0.15, 0.2) is 52.5 Å². The van der Waals surface area contributed by atoms with E-state index in [0.717, 1.165) is 11.0 Å².